The Labute approximate surface area is 166 Å². The van der Waals surface area contributed by atoms with E-state index in [0.29, 0.717) is 28.4 Å². The van der Waals surface area contributed by atoms with Gasteiger partial charge in [-0.15, -0.1) is 11.3 Å². The molecule has 0 atom stereocenters. The SMILES string of the molecule is CN(Cc1ccc2c(c1)OCO2)C(=O)c1ccc(NC(=O)c2cccs2)cc1. The highest BCUT2D eigenvalue weighted by atomic mass is 32.1. The summed E-state index contributed by atoms with van der Waals surface area (Å²) in [6.07, 6.45) is 0. The Morgan fingerprint density at radius 2 is 1.86 bits per heavy atom. The summed E-state index contributed by atoms with van der Waals surface area (Å²) in [5, 5.41) is 4.68. The van der Waals surface area contributed by atoms with Crippen LogP contribution in [0.1, 0.15) is 25.6 Å². The molecule has 0 bridgehead atoms. The molecule has 1 N–H and O–H groups in total. The van der Waals surface area contributed by atoms with E-state index >= 15 is 0 Å². The fourth-order valence-corrected chi connectivity index (χ4v) is 3.52. The van der Waals surface area contributed by atoms with Crippen molar-refractivity contribution in [1.29, 1.82) is 0 Å². The predicted octanol–water partition coefficient (Wildman–Crippen LogP) is 4.00. The van der Waals surface area contributed by atoms with Crippen molar-refractivity contribution in [2.75, 3.05) is 19.2 Å². The number of hydrogen-bond acceptors (Lipinski definition) is 5. The van der Waals surface area contributed by atoms with Crippen molar-refractivity contribution >= 4 is 28.8 Å². The molecule has 0 aliphatic carbocycles. The van der Waals surface area contributed by atoms with Gasteiger partial charge in [0.25, 0.3) is 11.8 Å². The van der Waals surface area contributed by atoms with Crippen LogP contribution in [0.25, 0.3) is 0 Å². The maximum atomic E-state index is 12.7. The number of benzene rings is 2. The van der Waals surface area contributed by atoms with E-state index < -0.39 is 0 Å². The topological polar surface area (TPSA) is 67.9 Å². The third-order valence-electron chi connectivity index (χ3n) is 4.34. The van der Waals surface area contributed by atoms with Gasteiger partial charge in [0.05, 0.1) is 4.88 Å². The molecule has 0 saturated heterocycles. The van der Waals surface area contributed by atoms with Gasteiger partial charge in [-0.1, -0.05) is 12.1 Å². The maximum absolute atomic E-state index is 12.7. The zero-order valence-electron chi connectivity index (χ0n) is 15.2. The van der Waals surface area contributed by atoms with Crippen LogP contribution in [0.5, 0.6) is 11.5 Å². The van der Waals surface area contributed by atoms with E-state index in [-0.39, 0.29) is 18.6 Å². The number of ether oxygens (including phenoxy) is 2. The molecule has 0 spiro atoms. The number of nitrogens with zero attached hydrogens (tertiary/aromatic N) is 1. The molecule has 2 aromatic carbocycles. The number of nitrogens with one attached hydrogen (secondary N) is 1. The zero-order valence-corrected chi connectivity index (χ0v) is 16.0. The van der Waals surface area contributed by atoms with Crippen molar-refractivity contribution in [3.8, 4) is 11.5 Å². The molecule has 28 heavy (non-hydrogen) atoms. The standard InChI is InChI=1S/C21H18N2O4S/c1-23(12-14-4-9-17-18(11-14)27-13-26-17)21(25)15-5-7-16(8-6-15)22-20(24)19-3-2-10-28-19/h2-11H,12-13H2,1H3,(H,22,24). The Balaban J connectivity index is 1.39. The van der Waals surface area contributed by atoms with Gasteiger partial charge in [0.15, 0.2) is 11.5 Å². The smallest absolute Gasteiger partial charge is 0.265 e. The van der Waals surface area contributed by atoms with E-state index in [1.165, 1.54) is 11.3 Å². The Bertz CT molecular complexity index is 1000. The molecule has 1 aromatic heterocycles. The van der Waals surface area contributed by atoms with Crippen LogP contribution in [-0.4, -0.2) is 30.6 Å². The van der Waals surface area contributed by atoms with Crippen molar-refractivity contribution in [3.63, 3.8) is 0 Å². The van der Waals surface area contributed by atoms with Crippen LogP contribution >= 0.6 is 11.3 Å². The van der Waals surface area contributed by atoms with E-state index in [2.05, 4.69) is 5.32 Å². The molecule has 3 aromatic rings. The molecule has 142 valence electrons. The Hall–Kier alpha value is -3.32. The van der Waals surface area contributed by atoms with E-state index in [0.717, 1.165) is 11.3 Å². The molecule has 0 unspecified atom stereocenters. The fraction of sp³-hybridized carbons (Fsp3) is 0.143. The third kappa shape index (κ3) is 3.84. The average molecular weight is 394 g/mol. The predicted molar refractivity (Wildman–Crippen MR) is 107 cm³/mol. The minimum Gasteiger partial charge on any atom is -0.454 e. The largest absolute Gasteiger partial charge is 0.454 e. The van der Waals surface area contributed by atoms with Gasteiger partial charge in [0, 0.05) is 24.8 Å². The van der Waals surface area contributed by atoms with Crippen molar-refractivity contribution in [2.24, 2.45) is 0 Å². The first-order chi connectivity index (χ1) is 13.6. The fourth-order valence-electron chi connectivity index (χ4n) is 2.90. The lowest BCUT2D eigenvalue weighted by atomic mass is 10.1. The minimum absolute atomic E-state index is 0.103. The molecular formula is C21H18N2O4S. The molecular weight excluding hydrogens is 376 g/mol. The summed E-state index contributed by atoms with van der Waals surface area (Å²) in [4.78, 5) is 27.1. The zero-order chi connectivity index (χ0) is 19.5. The Morgan fingerprint density at radius 3 is 2.61 bits per heavy atom. The van der Waals surface area contributed by atoms with Gasteiger partial charge in [-0.3, -0.25) is 9.59 Å². The molecule has 2 heterocycles. The van der Waals surface area contributed by atoms with Crippen molar-refractivity contribution in [2.45, 2.75) is 6.54 Å². The highest BCUT2D eigenvalue weighted by Gasteiger charge is 2.16. The van der Waals surface area contributed by atoms with Crippen LogP contribution in [0.4, 0.5) is 5.69 Å². The molecule has 1 aliphatic rings. The summed E-state index contributed by atoms with van der Waals surface area (Å²) in [5.74, 6) is 1.16. The number of thiophene rings is 1. The first kappa shape index (κ1) is 18.1. The summed E-state index contributed by atoms with van der Waals surface area (Å²) in [6, 6.07) is 16.1. The quantitative estimate of drug-likeness (QED) is 0.710. The number of carbonyl (C=O) groups is 2. The lowest BCUT2D eigenvalue weighted by Gasteiger charge is -2.18. The molecule has 0 saturated carbocycles. The first-order valence-corrected chi connectivity index (χ1v) is 9.57. The van der Waals surface area contributed by atoms with Crippen LogP contribution in [0, 0.1) is 0 Å². The van der Waals surface area contributed by atoms with E-state index in [9.17, 15) is 9.59 Å². The maximum Gasteiger partial charge on any atom is 0.265 e. The second-order valence-electron chi connectivity index (χ2n) is 6.36. The van der Waals surface area contributed by atoms with Gasteiger partial charge in [0.1, 0.15) is 0 Å². The van der Waals surface area contributed by atoms with Crippen LogP contribution in [0.2, 0.25) is 0 Å². The van der Waals surface area contributed by atoms with E-state index in [1.807, 2.05) is 29.6 Å². The van der Waals surface area contributed by atoms with Crippen molar-refractivity contribution in [3.05, 3.63) is 76.0 Å². The summed E-state index contributed by atoms with van der Waals surface area (Å²) in [5.41, 5.74) is 2.16. The van der Waals surface area contributed by atoms with Crippen LogP contribution in [-0.2, 0) is 6.54 Å². The van der Waals surface area contributed by atoms with Crippen molar-refractivity contribution in [1.82, 2.24) is 4.90 Å². The van der Waals surface area contributed by atoms with Crippen LogP contribution < -0.4 is 14.8 Å². The third-order valence-corrected chi connectivity index (χ3v) is 5.21. The van der Waals surface area contributed by atoms with Crippen LogP contribution in [0.3, 0.4) is 0 Å². The van der Waals surface area contributed by atoms with E-state index in [1.54, 1.807) is 42.3 Å². The number of anilines is 1. The minimum atomic E-state index is -0.158. The normalized spacial score (nSPS) is 11.9. The van der Waals surface area contributed by atoms with Gasteiger partial charge in [-0.05, 0) is 53.4 Å². The summed E-state index contributed by atoms with van der Waals surface area (Å²) in [7, 11) is 1.75. The number of rotatable bonds is 5. The lowest BCUT2D eigenvalue weighted by molar-refractivity contribution is 0.0785. The highest BCUT2D eigenvalue weighted by Crippen LogP contribution is 2.32. The Kier molecular flexibility index (Phi) is 4.99. The summed E-state index contributed by atoms with van der Waals surface area (Å²) in [6.45, 7) is 0.676. The molecule has 0 fully saturated rings. The van der Waals surface area contributed by atoms with Gasteiger partial charge in [-0.25, -0.2) is 0 Å². The van der Waals surface area contributed by atoms with Gasteiger partial charge in [0.2, 0.25) is 6.79 Å². The van der Waals surface area contributed by atoms with Crippen molar-refractivity contribution < 1.29 is 19.1 Å². The first-order valence-electron chi connectivity index (χ1n) is 8.69. The average Bonchev–Trinajstić information content (AvgIpc) is 3.39. The second kappa shape index (κ2) is 7.74. The Morgan fingerprint density at radius 1 is 1.07 bits per heavy atom. The summed E-state index contributed by atoms with van der Waals surface area (Å²) >= 11 is 1.38. The number of fused-ring (bicyclic) bond motifs is 1. The molecule has 7 heteroatoms. The van der Waals surface area contributed by atoms with Gasteiger partial charge in [-0.2, -0.15) is 0 Å². The summed E-state index contributed by atoms with van der Waals surface area (Å²) < 4.78 is 10.7. The number of amides is 2. The number of carbonyl (C=O) groups excluding carboxylic acids is 2. The highest BCUT2D eigenvalue weighted by molar-refractivity contribution is 7.12. The van der Waals surface area contributed by atoms with Crippen LogP contribution in [0.15, 0.2) is 60.0 Å². The molecule has 2 amide bonds. The second-order valence-corrected chi connectivity index (χ2v) is 7.31. The number of hydrogen-bond donors (Lipinski definition) is 1. The van der Waals surface area contributed by atoms with Gasteiger partial charge >= 0.3 is 0 Å². The monoisotopic (exact) mass is 394 g/mol. The molecule has 0 radical (unpaired) electrons. The molecule has 4 rings (SSSR count). The lowest BCUT2D eigenvalue weighted by Crippen LogP contribution is -2.26. The van der Waals surface area contributed by atoms with Gasteiger partial charge < -0.3 is 19.7 Å². The molecule has 1 aliphatic heterocycles. The molecule has 6 nitrogen and oxygen atoms in total. The van der Waals surface area contributed by atoms with E-state index in [4.69, 9.17) is 9.47 Å².